The van der Waals surface area contributed by atoms with Crippen molar-refractivity contribution in [2.75, 3.05) is 12.4 Å². The number of H-pyrrole nitrogens is 1. The van der Waals surface area contributed by atoms with Crippen molar-refractivity contribution in [3.63, 3.8) is 0 Å². The number of aromatic hydroxyl groups is 1. The summed E-state index contributed by atoms with van der Waals surface area (Å²) in [5.74, 6) is -1.02. The largest absolute Gasteiger partial charge is 0.505 e. The van der Waals surface area contributed by atoms with E-state index in [1.165, 1.54) is 47.7 Å². The Morgan fingerprint density at radius 3 is 2.08 bits per heavy atom. The van der Waals surface area contributed by atoms with E-state index in [1.54, 1.807) is 13.0 Å². The number of phenols is 1. The Hall–Kier alpha value is -6.61. The molecule has 5 N–H and O–H groups in total. The fourth-order valence-electron chi connectivity index (χ4n) is 5.98. The summed E-state index contributed by atoms with van der Waals surface area (Å²) in [5.41, 5.74) is 1.38. The minimum Gasteiger partial charge on any atom is -0.505 e. The van der Waals surface area contributed by atoms with Crippen molar-refractivity contribution >= 4 is 96.2 Å². The zero-order chi connectivity index (χ0) is 44.6. The number of para-hydroxylation sites is 1. The van der Waals surface area contributed by atoms with E-state index < -0.39 is 62.9 Å². The Morgan fingerprint density at radius 2 is 1.39 bits per heavy atom. The zero-order valence-corrected chi connectivity index (χ0v) is 35.2. The summed E-state index contributed by atoms with van der Waals surface area (Å²) < 4.78 is 107. The van der Waals surface area contributed by atoms with Gasteiger partial charge in [0.2, 0.25) is 5.13 Å². The highest BCUT2D eigenvalue weighted by Crippen LogP contribution is 2.43. The van der Waals surface area contributed by atoms with Gasteiger partial charge in [0.15, 0.2) is 11.4 Å². The Bertz CT molecular complexity index is 3400. The average molecular weight is 922 g/mol. The molecule has 2 heterocycles. The molecule has 0 unspecified atom stereocenters. The number of rotatable bonds is 14. The van der Waals surface area contributed by atoms with Crippen molar-refractivity contribution < 1.29 is 48.8 Å². The molecule has 7 aromatic rings. The number of phenolic OH excluding ortho intramolecular Hbond substituents is 1. The van der Waals surface area contributed by atoms with Gasteiger partial charge < -0.3 is 9.84 Å². The van der Waals surface area contributed by atoms with E-state index in [0.29, 0.717) is 16.4 Å². The summed E-state index contributed by atoms with van der Waals surface area (Å²) in [7, 11) is -13.8. The number of nitrogens with zero attached hydrogens (tertiary/aromatic N) is 8. The monoisotopic (exact) mass is 921 g/mol. The van der Waals surface area contributed by atoms with Crippen molar-refractivity contribution in [3.8, 4) is 17.2 Å². The molecule has 0 atom stereocenters. The van der Waals surface area contributed by atoms with E-state index in [9.17, 15) is 44.3 Å². The lowest BCUT2D eigenvalue weighted by Crippen LogP contribution is -2.14. The molecule has 25 heteroatoms. The van der Waals surface area contributed by atoms with Crippen LogP contribution in [-0.2, 0) is 30.4 Å². The number of nitrogens with one attached hydrogen (secondary N) is 1. The number of hydrogen-bond donors (Lipinski definition) is 5. The van der Waals surface area contributed by atoms with Gasteiger partial charge in [-0.05, 0) is 86.0 Å². The Balaban J connectivity index is 1.19. The van der Waals surface area contributed by atoms with Crippen LogP contribution in [0, 0.1) is 13.8 Å². The van der Waals surface area contributed by atoms with Gasteiger partial charge in [-0.15, -0.1) is 30.7 Å². The molecule has 5 aromatic carbocycles. The molecule has 0 aliphatic carbocycles. The van der Waals surface area contributed by atoms with Crippen LogP contribution in [-0.4, -0.2) is 71.1 Å². The predicted molar refractivity (Wildman–Crippen MR) is 226 cm³/mol. The molecule has 320 valence electrons. The predicted octanol–water partition coefficient (Wildman–Crippen LogP) is 8.65. The molecule has 21 nitrogen and oxygen atoms in total. The van der Waals surface area contributed by atoms with Gasteiger partial charge in [0.1, 0.15) is 27.7 Å². The molecule has 0 bridgehead atoms. The normalized spacial score (nSPS) is 12.8. The van der Waals surface area contributed by atoms with E-state index in [4.69, 9.17) is 9.29 Å². The minimum absolute atomic E-state index is 0.0755. The fraction of sp³-hybridized carbons (Fsp3) is 0.135. The van der Waals surface area contributed by atoms with E-state index in [-0.39, 0.29) is 52.3 Å². The summed E-state index contributed by atoms with van der Waals surface area (Å²) >= 11 is 1.35. The Labute approximate surface area is 355 Å². The van der Waals surface area contributed by atoms with E-state index >= 15 is 0 Å². The summed E-state index contributed by atoms with van der Waals surface area (Å²) in [4.78, 5) is 16.4. The maximum Gasteiger partial charge on any atom is 0.298 e. The maximum absolute atomic E-state index is 13.0. The van der Waals surface area contributed by atoms with Gasteiger partial charge in [-0.2, -0.15) is 25.3 Å². The fourth-order valence-corrected chi connectivity index (χ4v) is 8.63. The molecule has 0 spiro atoms. The summed E-state index contributed by atoms with van der Waals surface area (Å²) in [6, 6.07) is 18.3. The minimum atomic E-state index is -5.05. The van der Waals surface area contributed by atoms with Gasteiger partial charge in [-0.1, -0.05) is 29.5 Å². The number of hydrogen-bond acceptors (Lipinski definition) is 17. The third-order valence-electron chi connectivity index (χ3n) is 8.95. The molecule has 62 heavy (non-hydrogen) atoms. The molecule has 0 fully saturated rings. The smallest absolute Gasteiger partial charge is 0.298 e. The number of fused-ring (bicyclic) bond motifs is 2. The molecule has 0 aliphatic heterocycles. The zero-order valence-electron chi connectivity index (χ0n) is 32.0. The van der Waals surface area contributed by atoms with Gasteiger partial charge in [0.05, 0.1) is 45.0 Å². The summed E-state index contributed by atoms with van der Waals surface area (Å²) in [5, 5.41) is 38.8. The number of aromatic nitrogens is 3. The number of thiazole rings is 1. The summed E-state index contributed by atoms with van der Waals surface area (Å²) in [6.45, 7) is 3.49. The van der Waals surface area contributed by atoms with Crippen molar-refractivity contribution in [1.82, 2.24) is 14.8 Å². The topological polar surface area (TPSA) is 317 Å². The van der Waals surface area contributed by atoms with E-state index in [1.807, 2.05) is 25.1 Å². The first kappa shape index (κ1) is 43.5. The van der Waals surface area contributed by atoms with Crippen LogP contribution in [0.4, 0.5) is 33.6 Å². The van der Waals surface area contributed by atoms with Crippen LogP contribution in [0.25, 0.3) is 26.7 Å². The van der Waals surface area contributed by atoms with Crippen LogP contribution < -0.4 is 10.3 Å². The van der Waals surface area contributed by atoms with Crippen LogP contribution >= 0.6 is 11.3 Å². The quantitative estimate of drug-likeness (QED) is 0.0388. The molecule has 0 radical (unpaired) electrons. The Morgan fingerprint density at radius 1 is 0.726 bits per heavy atom. The second-order valence-electron chi connectivity index (χ2n) is 13.3. The van der Waals surface area contributed by atoms with Crippen molar-refractivity contribution in [2.24, 2.45) is 30.7 Å². The first-order valence-electron chi connectivity index (χ1n) is 17.8. The maximum atomic E-state index is 13.0. The molecule has 0 amide bonds. The van der Waals surface area contributed by atoms with Crippen LogP contribution in [0.3, 0.4) is 0 Å². The molecular weight excluding hydrogens is 891 g/mol. The lowest BCUT2D eigenvalue weighted by Gasteiger charge is -2.11. The average Bonchev–Trinajstić information content (AvgIpc) is 3.80. The highest BCUT2D eigenvalue weighted by Gasteiger charge is 2.23. The van der Waals surface area contributed by atoms with Gasteiger partial charge in [-0.25, -0.2) is 9.67 Å². The molecule has 0 saturated heterocycles. The van der Waals surface area contributed by atoms with Crippen molar-refractivity contribution in [2.45, 2.75) is 30.1 Å². The number of aryl methyl sites for hydroxylation is 2. The highest BCUT2D eigenvalue weighted by molar-refractivity contribution is 7.86. The number of benzene rings is 5. The van der Waals surface area contributed by atoms with Crippen molar-refractivity contribution in [3.05, 3.63) is 107 Å². The highest BCUT2D eigenvalue weighted by atomic mass is 32.2. The van der Waals surface area contributed by atoms with Crippen LogP contribution in [0.2, 0.25) is 0 Å². The SMILES string of the molecule is Cc1cc(N=Nc2ccc3c(S(=O)(=O)O)c(N=Nc4c[nH]n(-c5ccc(S(=O)(=O)O)cc5)c4=O)ccc3c2O)c(OCCCS(=O)(=O)O)cc1N=Nc1nc2c(C)cccc2s1. The van der Waals surface area contributed by atoms with E-state index in [0.717, 1.165) is 44.9 Å². The third-order valence-corrected chi connectivity index (χ3v) is 12.5. The second-order valence-corrected chi connectivity index (χ2v) is 18.7. The second kappa shape index (κ2) is 17.0. The van der Waals surface area contributed by atoms with Gasteiger partial charge in [0, 0.05) is 16.8 Å². The molecular formula is C37H31N9O12S4. The van der Waals surface area contributed by atoms with Crippen molar-refractivity contribution in [1.29, 1.82) is 0 Å². The number of ether oxygens (including phenoxy) is 1. The summed E-state index contributed by atoms with van der Waals surface area (Å²) in [6.07, 6.45) is 1.06. The van der Waals surface area contributed by atoms with Crippen LogP contribution in [0.5, 0.6) is 11.5 Å². The lowest BCUT2D eigenvalue weighted by molar-refractivity contribution is 0.317. The molecule has 2 aromatic heterocycles. The van der Waals surface area contributed by atoms with Gasteiger partial charge >= 0.3 is 0 Å². The lowest BCUT2D eigenvalue weighted by atomic mass is 10.1. The third kappa shape index (κ3) is 9.62. The first-order valence-corrected chi connectivity index (χ1v) is 23.1. The molecule has 0 aliphatic rings. The van der Waals surface area contributed by atoms with Gasteiger partial charge in [0.25, 0.3) is 35.9 Å². The molecule has 0 saturated carbocycles. The standard InChI is InChI=1S/C37H31N9O12S4/c1-20-5-3-6-32-33(20)39-37(59-32)45-42-28-18-31(58-15-4-16-60(49,50)51)29(17-21(28)2)43-40-26-13-12-25-24(34(26)47)11-14-27(35(25)62(55,56)57)41-44-30-19-38-46(36(30)48)22-7-9-23(10-8-22)61(52,53)54/h3,5-14,17-19,38,47H,4,15-16H2,1-2H3,(H,49,50,51)(H,52,53,54)(H,55,56,57). The van der Waals surface area contributed by atoms with Crippen LogP contribution in [0.1, 0.15) is 17.5 Å². The Kier molecular flexibility index (Phi) is 11.9. The molecule has 7 rings (SSSR count). The number of aromatic amines is 1. The van der Waals surface area contributed by atoms with Gasteiger partial charge in [-0.3, -0.25) is 23.6 Å². The van der Waals surface area contributed by atoms with Crippen LogP contribution in [0.15, 0.2) is 130 Å². The number of azo groups is 3. The first-order chi connectivity index (χ1) is 29.3. The van der Waals surface area contributed by atoms with E-state index in [2.05, 4.69) is 40.8 Å².